The van der Waals surface area contributed by atoms with Crippen molar-refractivity contribution >= 4 is 14.5 Å². The Morgan fingerprint density at radius 1 is 1.14 bits per heavy atom. The summed E-state index contributed by atoms with van der Waals surface area (Å²) >= 11 is -5.12. The van der Waals surface area contributed by atoms with Crippen molar-refractivity contribution in [3.63, 3.8) is 0 Å². The zero-order chi connectivity index (χ0) is 4.50. The number of hydrogen-bond acceptors (Lipinski definition) is 2. The summed E-state index contributed by atoms with van der Waals surface area (Å²) < 4.78 is 30.7. The molecule has 0 aliphatic rings. The Hall–Kier alpha value is 0.718. The minimum atomic E-state index is -5.12. The van der Waals surface area contributed by atoms with E-state index in [0.29, 0.717) is 0 Å². The van der Waals surface area contributed by atoms with Crippen LogP contribution < -0.4 is 6.15 Å². The summed E-state index contributed by atoms with van der Waals surface area (Å²) in [6, 6.07) is 0. The molecular weight excluding hydrogens is 216 g/mol. The summed E-state index contributed by atoms with van der Waals surface area (Å²) in [5.74, 6) is 0. The molecule has 0 spiro atoms. The van der Waals surface area contributed by atoms with Crippen molar-refractivity contribution in [1.82, 2.24) is 6.15 Å². The van der Waals surface area contributed by atoms with E-state index in [9.17, 15) is 0 Å². The van der Waals surface area contributed by atoms with Gasteiger partial charge in [0, 0.05) is 17.1 Å². The molecule has 0 aromatic carbocycles. The van der Waals surface area contributed by atoms with E-state index in [2.05, 4.69) is 0 Å². The summed E-state index contributed by atoms with van der Waals surface area (Å²) in [6.45, 7) is 0. The smallest absolute Gasteiger partial charge is 0 e. The topological polar surface area (TPSA) is 113 Å². The Morgan fingerprint density at radius 3 is 1.14 bits per heavy atom. The van der Waals surface area contributed by atoms with Crippen LogP contribution in [-0.2, 0) is 20.8 Å². The third-order valence-electron chi connectivity index (χ3n) is 0. The first-order valence-electron chi connectivity index (χ1n) is 0.783. The third kappa shape index (κ3) is 290. The van der Waals surface area contributed by atoms with Crippen molar-refractivity contribution in [2.45, 2.75) is 0 Å². The van der Waals surface area contributed by atoms with Crippen LogP contribution in [0.5, 0.6) is 0 Å². The third-order valence-corrected chi connectivity index (χ3v) is 0. The molecule has 6 N–H and O–H groups in total. The molecular formula is H6AsCuNO4. The molecule has 51 valence electrons. The van der Waals surface area contributed by atoms with Crippen molar-refractivity contribution in [3.05, 3.63) is 0 Å². The molecule has 0 bridgehead atoms. The van der Waals surface area contributed by atoms with Crippen molar-refractivity contribution in [3.8, 4) is 0 Å². The van der Waals surface area contributed by atoms with Gasteiger partial charge in [0.05, 0.1) is 0 Å². The molecule has 0 aromatic rings. The van der Waals surface area contributed by atoms with Crippen molar-refractivity contribution in [1.29, 1.82) is 0 Å². The van der Waals surface area contributed by atoms with E-state index >= 15 is 0 Å². The van der Waals surface area contributed by atoms with E-state index in [1.54, 1.807) is 0 Å². The molecule has 0 unspecified atom stereocenters. The van der Waals surface area contributed by atoms with E-state index in [-0.39, 0.29) is 23.2 Å². The molecule has 1 radical (unpaired) electrons. The largest absolute Gasteiger partial charge is 0 e. The Kier molecular flexibility index (Phi) is 10.9. The second-order valence-electron chi connectivity index (χ2n) is 0.513. The average molecular weight is 223 g/mol. The molecule has 5 nitrogen and oxygen atoms in total. The molecule has 7 heavy (non-hydrogen) atoms. The first-order valence-corrected chi connectivity index (χ1v) is 4.07. The molecule has 0 aromatic heterocycles. The van der Waals surface area contributed by atoms with Crippen LogP contribution >= 0.6 is 0 Å². The Labute approximate surface area is 54.1 Å². The van der Waals surface area contributed by atoms with Crippen LogP contribution in [0.1, 0.15) is 0 Å². The molecule has 0 saturated carbocycles. The zero-order valence-electron chi connectivity index (χ0n) is 3.21. The molecule has 0 rings (SSSR count). The number of hydrogen-bond donors (Lipinski definition) is 4. The van der Waals surface area contributed by atoms with Gasteiger partial charge in [-0.1, -0.05) is 0 Å². The van der Waals surface area contributed by atoms with Gasteiger partial charge < -0.3 is 6.15 Å². The van der Waals surface area contributed by atoms with Gasteiger partial charge in [0.15, 0.2) is 0 Å². The molecule has 0 saturated heterocycles. The maximum absolute atomic E-state index is 8.94. The fourth-order valence-corrected chi connectivity index (χ4v) is 0. The molecule has 0 amide bonds. The summed E-state index contributed by atoms with van der Waals surface area (Å²) in [4.78, 5) is 0. The van der Waals surface area contributed by atoms with E-state index in [1.165, 1.54) is 0 Å². The van der Waals surface area contributed by atoms with Gasteiger partial charge in [-0.3, -0.25) is 0 Å². The van der Waals surface area contributed by atoms with Crippen LogP contribution in [-0.4, -0.2) is 26.8 Å². The van der Waals surface area contributed by atoms with Crippen molar-refractivity contribution < 1.29 is 33.1 Å². The van der Waals surface area contributed by atoms with E-state index in [1.807, 2.05) is 0 Å². The maximum Gasteiger partial charge on any atom is 0 e. The fraction of sp³-hybridized carbons (Fsp3) is 0. The van der Waals surface area contributed by atoms with Gasteiger partial charge in [0.25, 0.3) is 0 Å². The van der Waals surface area contributed by atoms with Gasteiger partial charge in [0.2, 0.25) is 0 Å². The molecule has 0 atom stereocenters. The van der Waals surface area contributed by atoms with Crippen LogP contribution in [0.25, 0.3) is 0 Å². The Morgan fingerprint density at radius 2 is 1.14 bits per heavy atom. The first kappa shape index (κ1) is 15.6. The average Bonchev–Trinajstić information content (AvgIpc) is 0.722. The summed E-state index contributed by atoms with van der Waals surface area (Å²) in [6.07, 6.45) is 0. The first-order chi connectivity index (χ1) is 2.00. The van der Waals surface area contributed by atoms with Crippen LogP contribution in [0.15, 0.2) is 0 Å². The predicted molar refractivity (Wildman–Crippen MR) is 18.1 cm³/mol. The van der Waals surface area contributed by atoms with Crippen molar-refractivity contribution in [2.24, 2.45) is 0 Å². The SMILES string of the molecule is N.O=[As](O)(O)O.[Cu]. The van der Waals surface area contributed by atoms with Gasteiger partial charge >= 0.3 is 30.5 Å². The minimum Gasteiger partial charge on any atom is 0 e. The molecule has 0 fully saturated rings. The minimum absolute atomic E-state index is 0. The van der Waals surface area contributed by atoms with Crippen LogP contribution in [0.4, 0.5) is 0 Å². The Balaban J connectivity index is -0.0000000800. The molecule has 0 heterocycles. The van der Waals surface area contributed by atoms with Gasteiger partial charge in [-0.05, 0) is 0 Å². The van der Waals surface area contributed by atoms with Crippen LogP contribution in [0.2, 0.25) is 0 Å². The fourth-order valence-electron chi connectivity index (χ4n) is 0. The zero-order valence-corrected chi connectivity index (χ0v) is 6.02. The van der Waals surface area contributed by atoms with Gasteiger partial charge in [-0.25, -0.2) is 0 Å². The molecule has 7 heteroatoms. The maximum atomic E-state index is 8.94. The molecule has 0 aliphatic heterocycles. The van der Waals surface area contributed by atoms with E-state index < -0.39 is 14.5 Å². The van der Waals surface area contributed by atoms with Crippen molar-refractivity contribution in [2.75, 3.05) is 0 Å². The summed E-state index contributed by atoms with van der Waals surface area (Å²) in [5, 5.41) is 0. The second kappa shape index (κ2) is 4.87. The van der Waals surface area contributed by atoms with Gasteiger partial charge in [-0.2, -0.15) is 0 Å². The predicted octanol–water partition coefficient (Wildman–Crippen LogP) is -2.01. The summed E-state index contributed by atoms with van der Waals surface area (Å²) in [5.41, 5.74) is 0. The van der Waals surface area contributed by atoms with E-state index in [0.717, 1.165) is 0 Å². The Bertz CT molecular complexity index is 57.8. The van der Waals surface area contributed by atoms with Gasteiger partial charge in [0.1, 0.15) is 0 Å². The monoisotopic (exact) mass is 222 g/mol. The van der Waals surface area contributed by atoms with Crippen LogP contribution in [0.3, 0.4) is 0 Å². The standard InChI is InChI=1S/AsH3O4.Cu.H3N/c2-1(3,4)5;;/h(H3,2,3,4,5);;1H3. The van der Waals surface area contributed by atoms with Gasteiger partial charge in [-0.15, -0.1) is 0 Å². The second-order valence-corrected chi connectivity index (χ2v) is 2.67. The van der Waals surface area contributed by atoms with E-state index in [4.69, 9.17) is 16.0 Å². The normalized spacial score (nSPS) is 8.43. The molecule has 0 aliphatic carbocycles. The van der Waals surface area contributed by atoms with Crippen LogP contribution in [0, 0.1) is 0 Å². The number of rotatable bonds is 0. The summed E-state index contributed by atoms with van der Waals surface area (Å²) in [7, 11) is 0. The quantitative estimate of drug-likeness (QED) is 0.354.